The largest absolute Gasteiger partial charge is 0.332 e. The molecule has 1 heterocycles. The average Bonchev–Trinajstić information content (AvgIpc) is 2.87. The number of sulfonamides is 1. The topological polar surface area (TPSA) is 74.8 Å². The normalized spacial score (nSPS) is 28.7. The Kier molecular flexibility index (Phi) is 3.77. The van der Waals surface area contributed by atoms with Crippen LogP contribution in [0.5, 0.6) is 0 Å². The van der Waals surface area contributed by atoms with Gasteiger partial charge in [0.15, 0.2) is 5.03 Å². The molecule has 1 aromatic rings. The van der Waals surface area contributed by atoms with Crippen molar-refractivity contribution in [3.8, 4) is 0 Å². The van der Waals surface area contributed by atoms with Crippen molar-refractivity contribution in [2.75, 3.05) is 0 Å². The van der Waals surface area contributed by atoms with Crippen LogP contribution in [0.4, 0.5) is 0 Å². The third-order valence-electron chi connectivity index (χ3n) is 4.03. The fourth-order valence-corrected chi connectivity index (χ4v) is 4.12. The first-order valence-corrected chi connectivity index (χ1v) is 7.96. The van der Waals surface area contributed by atoms with E-state index in [-0.39, 0.29) is 11.1 Å². The van der Waals surface area contributed by atoms with Crippen molar-refractivity contribution in [1.29, 1.82) is 0 Å². The fraction of sp³-hybridized carbons (Fsp3) is 0.750. The van der Waals surface area contributed by atoms with Crippen molar-refractivity contribution < 1.29 is 8.42 Å². The van der Waals surface area contributed by atoms with E-state index in [0.29, 0.717) is 17.7 Å². The van der Waals surface area contributed by atoms with Gasteiger partial charge in [0.25, 0.3) is 10.0 Å². The van der Waals surface area contributed by atoms with Crippen molar-refractivity contribution in [3.05, 3.63) is 12.0 Å². The Labute approximate surface area is 108 Å². The Morgan fingerprint density at radius 3 is 2.72 bits per heavy atom. The molecule has 1 aromatic heterocycles. The molecule has 1 fully saturated rings. The third kappa shape index (κ3) is 2.59. The molecular formula is C12H21N3O2S. The number of hydrogen-bond acceptors (Lipinski definition) is 3. The van der Waals surface area contributed by atoms with E-state index < -0.39 is 10.0 Å². The van der Waals surface area contributed by atoms with Gasteiger partial charge in [-0.25, -0.2) is 18.1 Å². The molecule has 1 aliphatic carbocycles. The summed E-state index contributed by atoms with van der Waals surface area (Å²) in [6, 6.07) is 0.0450. The molecule has 2 N–H and O–H groups in total. The van der Waals surface area contributed by atoms with Gasteiger partial charge in [0.2, 0.25) is 0 Å². The van der Waals surface area contributed by atoms with Crippen LogP contribution < -0.4 is 4.72 Å². The Hall–Kier alpha value is -0.880. The van der Waals surface area contributed by atoms with Gasteiger partial charge in [-0.2, -0.15) is 0 Å². The lowest BCUT2D eigenvalue weighted by atomic mass is 9.94. The molecule has 0 saturated heterocycles. The first-order valence-electron chi connectivity index (χ1n) is 6.48. The number of nitrogens with zero attached hydrogens (tertiary/aromatic N) is 1. The van der Waals surface area contributed by atoms with E-state index in [2.05, 4.69) is 28.5 Å². The lowest BCUT2D eigenvalue weighted by molar-refractivity contribution is 0.368. The summed E-state index contributed by atoms with van der Waals surface area (Å²) < 4.78 is 27.1. The van der Waals surface area contributed by atoms with Crippen LogP contribution in [0.15, 0.2) is 11.2 Å². The number of aromatic amines is 1. The monoisotopic (exact) mass is 271 g/mol. The number of aromatic nitrogens is 2. The summed E-state index contributed by atoms with van der Waals surface area (Å²) in [7, 11) is -3.46. The van der Waals surface area contributed by atoms with E-state index in [9.17, 15) is 8.42 Å². The number of nitrogens with one attached hydrogen (secondary N) is 2. The smallest absolute Gasteiger partial charge is 0.257 e. The number of rotatable bonds is 4. The van der Waals surface area contributed by atoms with Crippen LogP contribution in [0.3, 0.4) is 0 Å². The molecule has 18 heavy (non-hydrogen) atoms. The Morgan fingerprint density at radius 1 is 1.50 bits per heavy atom. The van der Waals surface area contributed by atoms with Crippen LogP contribution in [-0.4, -0.2) is 24.4 Å². The molecule has 0 radical (unpaired) electrons. The highest BCUT2D eigenvalue weighted by atomic mass is 32.2. The first kappa shape index (κ1) is 13.5. The van der Waals surface area contributed by atoms with Crippen LogP contribution >= 0.6 is 0 Å². The highest BCUT2D eigenvalue weighted by Gasteiger charge is 2.34. The summed E-state index contributed by atoms with van der Waals surface area (Å²) in [6.45, 7) is 6.03. The van der Waals surface area contributed by atoms with Crippen molar-refractivity contribution >= 4 is 10.0 Å². The second kappa shape index (κ2) is 5.01. The summed E-state index contributed by atoms with van der Waals surface area (Å²) in [5.41, 5.74) is 0. The van der Waals surface area contributed by atoms with E-state index in [4.69, 9.17) is 0 Å². The van der Waals surface area contributed by atoms with Crippen LogP contribution in [-0.2, 0) is 10.0 Å². The van der Waals surface area contributed by atoms with Crippen molar-refractivity contribution in [3.63, 3.8) is 0 Å². The molecule has 5 nitrogen and oxygen atoms in total. The van der Waals surface area contributed by atoms with Crippen LogP contribution in [0, 0.1) is 18.8 Å². The van der Waals surface area contributed by atoms with Gasteiger partial charge in [-0.3, -0.25) is 0 Å². The van der Waals surface area contributed by atoms with Gasteiger partial charge in [0.05, 0.1) is 6.20 Å². The molecule has 102 valence electrons. The SMILES string of the molecule is CCC1CCC(NS(=O)(=O)c2cnc(C)[nH]2)C1C. The minimum absolute atomic E-state index is 0.0450. The molecule has 0 bridgehead atoms. The zero-order chi connectivity index (χ0) is 13.3. The minimum atomic E-state index is -3.46. The second-order valence-corrected chi connectivity index (χ2v) is 6.85. The van der Waals surface area contributed by atoms with Crippen molar-refractivity contribution in [2.45, 2.75) is 51.1 Å². The summed E-state index contributed by atoms with van der Waals surface area (Å²) in [4.78, 5) is 6.70. The Balaban J connectivity index is 2.10. The molecule has 6 heteroatoms. The quantitative estimate of drug-likeness (QED) is 0.877. The maximum atomic E-state index is 12.2. The zero-order valence-electron chi connectivity index (χ0n) is 11.1. The number of H-pyrrole nitrogens is 1. The van der Waals surface area contributed by atoms with Gasteiger partial charge in [0.1, 0.15) is 5.82 Å². The predicted molar refractivity (Wildman–Crippen MR) is 69.6 cm³/mol. The van der Waals surface area contributed by atoms with Gasteiger partial charge in [-0.1, -0.05) is 20.3 Å². The van der Waals surface area contributed by atoms with Gasteiger partial charge in [0, 0.05) is 6.04 Å². The summed E-state index contributed by atoms with van der Waals surface area (Å²) >= 11 is 0. The van der Waals surface area contributed by atoms with E-state index in [1.807, 2.05) is 0 Å². The van der Waals surface area contributed by atoms with Crippen molar-refractivity contribution in [2.24, 2.45) is 11.8 Å². The minimum Gasteiger partial charge on any atom is -0.332 e. The standard InChI is InChI=1S/C12H21N3O2S/c1-4-10-5-6-11(8(10)2)15-18(16,17)12-7-13-9(3)14-12/h7-8,10-11,15H,4-6H2,1-3H3,(H,13,14). The molecule has 1 aliphatic rings. The van der Waals surface area contributed by atoms with Gasteiger partial charge >= 0.3 is 0 Å². The maximum absolute atomic E-state index is 12.2. The number of aryl methyl sites for hydroxylation is 1. The zero-order valence-corrected chi connectivity index (χ0v) is 11.9. The molecule has 0 aliphatic heterocycles. The molecule has 3 atom stereocenters. The van der Waals surface area contributed by atoms with E-state index >= 15 is 0 Å². The number of imidazole rings is 1. The maximum Gasteiger partial charge on any atom is 0.257 e. The van der Waals surface area contributed by atoms with Crippen LogP contribution in [0.2, 0.25) is 0 Å². The Bertz CT molecular complexity index is 509. The molecule has 1 saturated carbocycles. The van der Waals surface area contributed by atoms with Gasteiger partial charge in [-0.15, -0.1) is 0 Å². The van der Waals surface area contributed by atoms with Crippen LogP contribution in [0.25, 0.3) is 0 Å². The number of hydrogen-bond donors (Lipinski definition) is 2. The predicted octanol–water partition coefficient (Wildman–Crippen LogP) is 1.82. The van der Waals surface area contributed by atoms with Gasteiger partial charge < -0.3 is 4.98 Å². The second-order valence-electron chi connectivity index (χ2n) is 5.17. The first-order chi connectivity index (χ1) is 8.44. The lowest BCUT2D eigenvalue weighted by Gasteiger charge is -2.20. The molecule has 0 aromatic carbocycles. The third-order valence-corrected chi connectivity index (χ3v) is 5.43. The van der Waals surface area contributed by atoms with Gasteiger partial charge in [-0.05, 0) is 31.6 Å². The summed E-state index contributed by atoms with van der Waals surface area (Å²) in [5.74, 6) is 1.64. The highest BCUT2D eigenvalue weighted by Crippen LogP contribution is 2.34. The molecular weight excluding hydrogens is 250 g/mol. The van der Waals surface area contributed by atoms with Crippen molar-refractivity contribution in [1.82, 2.24) is 14.7 Å². The van der Waals surface area contributed by atoms with Crippen LogP contribution in [0.1, 0.15) is 38.9 Å². The molecule has 3 unspecified atom stereocenters. The lowest BCUT2D eigenvalue weighted by Crippen LogP contribution is -2.37. The molecule has 2 rings (SSSR count). The Morgan fingerprint density at radius 2 is 2.22 bits per heavy atom. The summed E-state index contributed by atoms with van der Waals surface area (Å²) in [5, 5.41) is 0.159. The van der Waals surface area contributed by atoms with E-state index in [1.54, 1.807) is 6.92 Å². The molecule has 0 spiro atoms. The van der Waals surface area contributed by atoms with E-state index in [0.717, 1.165) is 19.3 Å². The fourth-order valence-electron chi connectivity index (χ4n) is 2.79. The summed E-state index contributed by atoms with van der Waals surface area (Å²) in [6.07, 6.45) is 4.51. The highest BCUT2D eigenvalue weighted by molar-refractivity contribution is 7.89. The average molecular weight is 271 g/mol. The van der Waals surface area contributed by atoms with E-state index in [1.165, 1.54) is 6.20 Å². The molecule has 0 amide bonds.